The minimum absolute atomic E-state index is 0.0615. The molecule has 2 aromatic rings. The number of hydrogen-bond acceptors (Lipinski definition) is 3. The molecule has 2 aromatic heterocycles. The monoisotopic (exact) mass is 341 g/mol. The van der Waals surface area contributed by atoms with Crippen molar-refractivity contribution in [2.24, 2.45) is 0 Å². The number of nitrogens with one attached hydrogen (secondary N) is 2. The third-order valence-electron chi connectivity index (χ3n) is 4.10. The van der Waals surface area contributed by atoms with Gasteiger partial charge in [-0.2, -0.15) is 23.4 Å². The van der Waals surface area contributed by atoms with E-state index in [4.69, 9.17) is 0 Å². The third kappa shape index (κ3) is 4.15. The molecule has 1 aliphatic carbocycles. The summed E-state index contributed by atoms with van der Waals surface area (Å²) in [6.07, 6.45) is 2.53. The number of anilines is 1. The molecule has 6 nitrogen and oxygen atoms in total. The molecule has 1 fully saturated rings. The number of rotatable bonds is 4. The van der Waals surface area contributed by atoms with Gasteiger partial charge in [0.2, 0.25) is 0 Å². The van der Waals surface area contributed by atoms with Crippen LogP contribution in [-0.2, 0) is 6.54 Å². The van der Waals surface area contributed by atoms with E-state index in [1.54, 1.807) is 6.07 Å². The van der Waals surface area contributed by atoms with Crippen LogP contribution >= 0.6 is 0 Å². The van der Waals surface area contributed by atoms with E-state index in [1.807, 2.05) is 0 Å². The molecule has 0 bridgehead atoms. The average molecular weight is 341 g/mol. The highest BCUT2D eigenvalue weighted by Gasteiger charge is 2.28. The van der Waals surface area contributed by atoms with Crippen molar-refractivity contribution in [1.82, 2.24) is 20.0 Å². The van der Waals surface area contributed by atoms with Crippen molar-refractivity contribution in [3.8, 4) is 0 Å². The van der Waals surface area contributed by atoms with E-state index in [0.717, 1.165) is 23.2 Å². The summed E-state index contributed by atoms with van der Waals surface area (Å²) in [4.78, 5) is 12.1. The standard InChI is InChI=1S/C15H18F3N5O/c16-15(17,18)9-23-7-6-13(22-23)19-14(24)12-8-11(20-21-12)10-4-2-1-3-5-10/h6-8,10H,1-5,9H2,(H,20,21)(H,19,22,24). The highest BCUT2D eigenvalue weighted by Crippen LogP contribution is 2.31. The average Bonchev–Trinajstić information content (AvgIpc) is 3.16. The van der Waals surface area contributed by atoms with Gasteiger partial charge in [0.25, 0.3) is 5.91 Å². The molecule has 0 aromatic carbocycles. The molecule has 24 heavy (non-hydrogen) atoms. The van der Waals surface area contributed by atoms with Crippen LogP contribution in [0.25, 0.3) is 0 Å². The topological polar surface area (TPSA) is 75.6 Å². The molecular weight excluding hydrogens is 323 g/mol. The molecule has 1 amide bonds. The SMILES string of the molecule is O=C(Nc1ccn(CC(F)(F)F)n1)c1cc(C2CCCCC2)[nH]n1. The molecule has 1 aliphatic rings. The molecule has 3 rings (SSSR count). The quantitative estimate of drug-likeness (QED) is 0.894. The van der Waals surface area contributed by atoms with Gasteiger partial charge in [-0.25, -0.2) is 0 Å². The first-order chi connectivity index (χ1) is 11.4. The zero-order valence-electron chi connectivity index (χ0n) is 12.9. The Morgan fingerprint density at radius 1 is 1.33 bits per heavy atom. The lowest BCUT2D eigenvalue weighted by Crippen LogP contribution is -2.18. The number of hydrogen-bond donors (Lipinski definition) is 2. The van der Waals surface area contributed by atoms with Gasteiger partial charge in [0.15, 0.2) is 11.5 Å². The van der Waals surface area contributed by atoms with E-state index in [-0.39, 0.29) is 11.5 Å². The fourth-order valence-electron chi connectivity index (χ4n) is 2.96. The van der Waals surface area contributed by atoms with Crippen molar-refractivity contribution in [3.05, 3.63) is 29.7 Å². The van der Waals surface area contributed by atoms with Gasteiger partial charge in [-0.05, 0) is 18.9 Å². The Labute approximate surface area is 136 Å². The van der Waals surface area contributed by atoms with E-state index in [0.29, 0.717) is 5.92 Å². The van der Waals surface area contributed by atoms with Crippen molar-refractivity contribution in [2.45, 2.75) is 50.7 Å². The molecule has 0 unspecified atom stereocenters. The predicted octanol–water partition coefficient (Wildman–Crippen LogP) is 3.47. The van der Waals surface area contributed by atoms with Crippen molar-refractivity contribution in [1.29, 1.82) is 0 Å². The second-order valence-electron chi connectivity index (χ2n) is 6.01. The Balaban J connectivity index is 1.62. The van der Waals surface area contributed by atoms with Crippen LogP contribution in [0.2, 0.25) is 0 Å². The maximum Gasteiger partial charge on any atom is 0.408 e. The van der Waals surface area contributed by atoms with Crippen LogP contribution in [0.1, 0.15) is 54.2 Å². The summed E-state index contributed by atoms with van der Waals surface area (Å²) in [7, 11) is 0. The molecule has 0 saturated heterocycles. The van der Waals surface area contributed by atoms with Crippen LogP contribution in [0.3, 0.4) is 0 Å². The fraction of sp³-hybridized carbons (Fsp3) is 0.533. The van der Waals surface area contributed by atoms with Gasteiger partial charge >= 0.3 is 6.18 Å². The molecule has 2 heterocycles. The first-order valence-electron chi connectivity index (χ1n) is 7.87. The van der Waals surface area contributed by atoms with E-state index in [9.17, 15) is 18.0 Å². The summed E-state index contributed by atoms with van der Waals surface area (Å²) in [5.41, 5.74) is 1.14. The maximum absolute atomic E-state index is 12.3. The maximum atomic E-state index is 12.3. The summed E-state index contributed by atoms with van der Waals surface area (Å²) >= 11 is 0. The first-order valence-corrected chi connectivity index (χ1v) is 7.87. The van der Waals surface area contributed by atoms with Crippen molar-refractivity contribution < 1.29 is 18.0 Å². The van der Waals surface area contributed by atoms with Gasteiger partial charge in [0.1, 0.15) is 6.54 Å². The van der Waals surface area contributed by atoms with Gasteiger partial charge in [0.05, 0.1) is 0 Å². The fourth-order valence-corrected chi connectivity index (χ4v) is 2.96. The summed E-state index contributed by atoms with van der Waals surface area (Å²) in [6.45, 7) is -1.20. The molecule has 1 saturated carbocycles. The van der Waals surface area contributed by atoms with E-state index in [1.165, 1.54) is 31.5 Å². The predicted molar refractivity (Wildman–Crippen MR) is 80.6 cm³/mol. The summed E-state index contributed by atoms with van der Waals surface area (Å²) in [6, 6.07) is 3.02. The summed E-state index contributed by atoms with van der Waals surface area (Å²) in [5.74, 6) is -0.0455. The zero-order valence-corrected chi connectivity index (χ0v) is 12.9. The number of halogens is 3. The lowest BCUT2D eigenvalue weighted by atomic mass is 9.87. The Bertz CT molecular complexity index is 700. The minimum Gasteiger partial charge on any atom is -0.304 e. The number of aromatic nitrogens is 4. The van der Waals surface area contributed by atoms with E-state index in [2.05, 4.69) is 20.6 Å². The Morgan fingerprint density at radius 2 is 2.08 bits per heavy atom. The second kappa shape index (κ2) is 6.66. The lowest BCUT2D eigenvalue weighted by molar-refractivity contribution is -0.142. The van der Waals surface area contributed by atoms with Crippen LogP contribution in [-0.4, -0.2) is 32.1 Å². The van der Waals surface area contributed by atoms with Crippen LogP contribution in [0.4, 0.5) is 19.0 Å². The molecule has 0 atom stereocenters. The normalized spacial score (nSPS) is 16.3. The molecule has 0 radical (unpaired) electrons. The highest BCUT2D eigenvalue weighted by molar-refractivity contribution is 6.02. The number of amides is 1. The third-order valence-corrected chi connectivity index (χ3v) is 4.10. The molecule has 2 N–H and O–H groups in total. The van der Waals surface area contributed by atoms with Gasteiger partial charge in [-0.3, -0.25) is 14.6 Å². The van der Waals surface area contributed by atoms with E-state index >= 15 is 0 Å². The second-order valence-corrected chi connectivity index (χ2v) is 6.01. The van der Waals surface area contributed by atoms with Gasteiger partial charge < -0.3 is 5.32 Å². The molecule has 130 valence electrons. The summed E-state index contributed by atoms with van der Waals surface area (Å²) < 4.78 is 37.6. The van der Waals surface area contributed by atoms with Crippen LogP contribution in [0.5, 0.6) is 0 Å². The highest BCUT2D eigenvalue weighted by atomic mass is 19.4. The minimum atomic E-state index is -4.36. The van der Waals surface area contributed by atoms with Crippen LogP contribution < -0.4 is 5.32 Å². The lowest BCUT2D eigenvalue weighted by Gasteiger charge is -2.19. The van der Waals surface area contributed by atoms with Gasteiger partial charge in [0, 0.05) is 23.9 Å². The Morgan fingerprint density at radius 3 is 2.79 bits per heavy atom. The summed E-state index contributed by atoms with van der Waals surface area (Å²) in [5, 5.41) is 13.0. The smallest absolute Gasteiger partial charge is 0.304 e. The molecule has 0 spiro atoms. The van der Waals surface area contributed by atoms with Crippen molar-refractivity contribution in [3.63, 3.8) is 0 Å². The van der Waals surface area contributed by atoms with Crippen molar-refractivity contribution in [2.75, 3.05) is 5.32 Å². The van der Waals surface area contributed by atoms with Gasteiger partial charge in [-0.15, -0.1) is 0 Å². The molecule has 9 heteroatoms. The number of nitrogens with zero attached hydrogens (tertiary/aromatic N) is 3. The Hall–Kier alpha value is -2.32. The van der Waals surface area contributed by atoms with Gasteiger partial charge in [-0.1, -0.05) is 19.3 Å². The van der Waals surface area contributed by atoms with Crippen LogP contribution in [0, 0.1) is 0 Å². The molecule has 0 aliphatic heterocycles. The zero-order chi connectivity index (χ0) is 17.2. The number of aromatic amines is 1. The van der Waals surface area contributed by atoms with E-state index < -0.39 is 18.6 Å². The number of carbonyl (C=O) groups is 1. The first kappa shape index (κ1) is 16.5. The Kier molecular flexibility index (Phi) is 4.59. The molecular formula is C15H18F3N5O. The van der Waals surface area contributed by atoms with Crippen molar-refractivity contribution >= 4 is 11.7 Å². The number of alkyl halides is 3. The number of H-pyrrole nitrogens is 1. The largest absolute Gasteiger partial charge is 0.408 e. The van der Waals surface area contributed by atoms with Crippen LogP contribution in [0.15, 0.2) is 18.3 Å². The number of carbonyl (C=O) groups excluding carboxylic acids is 1.